The zero-order valence-electron chi connectivity index (χ0n) is 11.7. The van der Waals surface area contributed by atoms with E-state index in [9.17, 15) is 0 Å². The molecule has 0 saturated carbocycles. The first kappa shape index (κ1) is 12.9. The zero-order chi connectivity index (χ0) is 12.4. The van der Waals surface area contributed by atoms with Crippen molar-refractivity contribution in [2.75, 3.05) is 59.5 Å². The highest BCUT2D eigenvalue weighted by molar-refractivity contribution is 4.92. The van der Waals surface area contributed by atoms with Crippen molar-refractivity contribution in [3.05, 3.63) is 0 Å². The van der Waals surface area contributed by atoms with Gasteiger partial charge in [-0.25, -0.2) is 0 Å². The van der Waals surface area contributed by atoms with E-state index >= 15 is 0 Å². The molecule has 0 radical (unpaired) electrons. The molecule has 0 aromatic carbocycles. The molecule has 104 valence electrons. The van der Waals surface area contributed by atoms with Gasteiger partial charge in [-0.05, 0) is 32.9 Å². The topological polar surface area (TPSA) is 27.7 Å². The minimum Gasteiger partial charge on any atom is -0.381 e. The van der Waals surface area contributed by atoms with Crippen LogP contribution in [0.25, 0.3) is 0 Å². The van der Waals surface area contributed by atoms with E-state index in [1.54, 1.807) is 0 Å². The maximum atomic E-state index is 5.66. The second-order valence-corrected chi connectivity index (χ2v) is 6.40. The van der Waals surface area contributed by atoms with E-state index in [2.05, 4.69) is 22.2 Å². The van der Waals surface area contributed by atoms with Gasteiger partial charge in [0.1, 0.15) is 0 Å². The molecule has 3 aliphatic heterocycles. The normalized spacial score (nSPS) is 38.2. The lowest BCUT2D eigenvalue weighted by molar-refractivity contribution is 0.0561. The molecule has 3 heterocycles. The summed E-state index contributed by atoms with van der Waals surface area (Å²) in [6, 6.07) is 0.840. The van der Waals surface area contributed by atoms with E-state index in [1.807, 2.05) is 0 Å². The number of hydrogen-bond donors (Lipinski definition) is 1. The molecule has 4 nitrogen and oxygen atoms in total. The molecule has 3 rings (SSSR count). The van der Waals surface area contributed by atoms with Gasteiger partial charge in [0.2, 0.25) is 0 Å². The highest BCUT2D eigenvalue weighted by Gasteiger charge is 2.38. The number of hydrogen-bond acceptors (Lipinski definition) is 4. The summed E-state index contributed by atoms with van der Waals surface area (Å²) in [7, 11) is 2.06. The van der Waals surface area contributed by atoms with Crippen molar-refractivity contribution in [3.8, 4) is 0 Å². The van der Waals surface area contributed by atoms with E-state index in [4.69, 9.17) is 4.74 Å². The van der Waals surface area contributed by atoms with E-state index in [1.165, 1.54) is 52.0 Å². The highest BCUT2D eigenvalue weighted by atomic mass is 16.5. The first-order valence-electron chi connectivity index (χ1n) is 7.50. The van der Waals surface area contributed by atoms with Crippen LogP contribution in [0.1, 0.15) is 19.3 Å². The first-order chi connectivity index (χ1) is 8.81. The minimum atomic E-state index is 0.371. The summed E-state index contributed by atoms with van der Waals surface area (Å²) in [5.41, 5.74) is 0.371. The molecule has 1 N–H and O–H groups in total. The van der Waals surface area contributed by atoms with Crippen molar-refractivity contribution >= 4 is 0 Å². The first-order valence-corrected chi connectivity index (χ1v) is 7.50. The molecule has 3 saturated heterocycles. The average Bonchev–Trinajstić information content (AvgIpc) is 2.98. The Bertz CT molecular complexity index is 278. The monoisotopic (exact) mass is 253 g/mol. The minimum absolute atomic E-state index is 0.371. The van der Waals surface area contributed by atoms with Crippen LogP contribution in [-0.2, 0) is 4.74 Å². The summed E-state index contributed by atoms with van der Waals surface area (Å²) in [6.45, 7) is 9.36. The van der Waals surface area contributed by atoms with Gasteiger partial charge in [0.25, 0.3) is 0 Å². The molecular formula is C14H27N3O. The summed E-state index contributed by atoms with van der Waals surface area (Å²) in [6.07, 6.45) is 4.04. The Morgan fingerprint density at radius 1 is 1.33 bits per heavy atom. The van der Waals surface area contributed by atoms with E-state index in [0.29, 0.717) is 5.41 Å². The molecule has 3 fully saturated rings. The fraction of sp³-hybridized carbons (Fsp3) is 1.00. The van der Waals surface area contributed by atoms with Crippen molar-refractivity contribution in [2.45, 2.75) is 25.3 Å². The van der Waals surface area contributed by atoms with Crippen LogP contribution in [0.15, 0.2) is 0 Å². The standard InChI is InChI=1S/C14H27N3O/c1-15-10-14(4-8-18-12-14)11-16-6-7-17-5-2-3-13(17)9-16/h13,15H,2-12H2,1H3. The third-order valence-electron chi connectivity index (χ3n) is 4.97. The van der Waals surface area contributed by atoms with Gasteiger partial charge in [0.05, 0.1) is 6.61 Å². The SMILES string of the molecule is CNCC1(CN2CCN3CCCC3C2)CCOC1. The number of ether oxygens (including phenoxy) is 1. The Balaban J connectivity index is 1.58. The molecule has 2 atom stereocenters. The number of fused-ring (bicyclic) bond motifs is 1. The molecular weight excluding hydrogens is 226 g/mol. The fourth-order valence-corrected chi connectivity index (χ4v) is 4.02. The van der Waals surface area contributed by atoms with Crippen molar-refractivity contribution in [2.24, 2.45) is 5.41 Å². The third-order valence-corrected chi connectivity index (χ3v) is 4.97. The lowest BCUT2D eigenvalue weighted by Crippen LogP contribution is -2.54. The van der Waals surface area contributed by atoms with Gasteiger partial charge in [-0.1, -0.05) is 0 Å². The lowest BCUT2D eigenvalue weighted by atomic mass is 9.86. The van der Waals surface area contributed by atoms with Gasteiger partial charge in [0.15, 0.2) is 0 Å². The van der Waals surface area contributed by atoms with E-state index in [-0.39, 0.29) is 0 Å². The van der Waals surface area contributed by atoms with Crippen LogP contribution in [0.2, 0.25) is 0 Å². The molecule has 0 aliphatic carbocycles. The van der Waals surface area contributed by atoms with Crippen LogP contribution < -0.4 is 5.32 Å². The second-order valence-electron chi connectivity index (χ2n) is 6.40. The Morgan fingerprint density at radius 3 is 3.06 bits per heavy atom. The Hall–Kier alpha value is -0.160. The van der Waals surface area contributed by atoms with Gasteiger partial charge in [-0.3, -0.25) is 9.80 Å². The van der Waals surface area contributed by atoms with Gasteiger partial charge in [-0.2, -0.15) is 0 Å². The number of piperazine rings is 1. The fourth-order valence-electron chi connectivity index (χ4n) is 4.02. The smallest absolute Gasteiger partial charge is 0.0547 e. The zero-order valence-corrected chi connectivity index (χ0v) is 11.7. The predicted octanol–water partition coefficient (Wildman–Crippen LogP) is 0.393. The molecule has 0 amide bonds. The van der Waals surface area contributed by atoms with Crippen LogP contribution >= 0.6 is 0 Å². The second kappa shape index (κ2) is 5.45. The van der Waals surface area contributed by atoms with Crippen LogP contribution in [0.5, 0.6) is 0 Å². The summed E-state index contributed by atoms with van der Waals surface area (Å²) >= 11 is 0. The maximum absolute atomic E-state index is 5.66. The summed E-state index contributed by atoms with van der Waals surface area (Å²) < 4.78 is 5.66. The van der Waals surface area contributed by atoms with Crippen molar-refractivity contribution < 1.29 is 4.74 Å². The van der Waals surface area contributed by atoms with E-state index < -0.39 is 0 Å². The molecule has 0 bridgehead atoms. The van der Waals surface area contributed by atoms with Gasteiger partial charge in [-0.15, -0.1) is 0 Å². The van der Waals surface area contributed by atoms with Crippen LogP contribution in [0.3, 0.4) is 0 Å². The third kappa shape index (κ3) is 2.57. The molecule has 3 aliphatic rings. The number of rotatable bonds is 4. The van der Waals surface area contributed by atoms with Gasteiger partial charge < -0.3 is 10.1 Å². The van der Waals surface area contributed by atoms with Crippen molar-refractivity contribution in [1.82, 2.24) is 15.1 Å². The Morgan fingerprint density at radius 2 is 2.28 bits per heavy atom. The predicted molar refractivity (Wildman–Crippen MR) is 72.8 cm³/mol. The Kier molecular flexibility index (Phi) is 3.89. The van der Waals surface area contributed by atoms with Crippen LogP contribution in [0.4, 0.5) is 0 Å². The van der Waals surface area contributed by atoms with Crippen molar-refractivity contribution in [3.63, 3.8) is 0 Å². The largest absolute Gasteiger partial charge is 0.381 e. The molecule has 18 heavy (non-hydrogen) atoms. The number of nitrogens with one attached hydrogen (secondary N) is 1. The maximum Gasteiger partial charge on any atom is 0.0547 e. The average molecular weight is 253 g/mol. The van der Waals surface area contributed by atoms with Crippen LogP contribution in [0, 0.1) is 5.41 Å². The molecule has 2 unspecified atom stereocenters. The molecule has 0 spiro atoms. The van der Waals surface area contributed by atoms with Crippen LogP contribution in [-0.4, -0.2) is 75.4 Å². The summed E-state index contributed by atoms with van der Waals surface area (Å²) in [5.74, 6) is 0. The quantitative estimate of drug-likeness (QED) is 0.784. The number of nitrogens with zero attached hydrogens (tertiary/aromatic N) is 2. The molecule has 4 heteroatoms. The van der Waals surface area contributed by atoms with Crippen molar-refractivity contribution in [1.29, 1.82) is 0 Å². The molecule has 0 aromatic rings. The summed E-state index contributed by atoms with van der Waals surface area (Å²) in [5, 5.41) is 3.37. The highest BCUT2D eigenvalue weighted by Crippen LogP contribution is 2.31. The van der Waals surface area contributed by atoms with E-state index in [0.717, 1.165) is 25.8 Å². The van der Waals surface area contributed by atoms with Gasteiger partial charge in [0, 0.05) is 50.8 Å². The lowest BCUT2D eigenvalue weighted by Gasteiger charge is -2.41. The Labute approximate surface area is 111 Å². The van der Waals surface area contributed by atoms with Gasteiger partial charge >= 0.3 is 0 Å². The molecule has 0 aromatic heterocycles. The summed E-state index contributed by atoms with van der Waals surface area (Å²) in [4.78, 5) is 5.38.